The van der Waals surface area contributed by atoms with Crippen LogP contribution in [0.15, 0.2) is 12.1 Å². The van der Waals surface area contributed by atoms with Crippen molar-refractivity contribution in [1.82, 2.24) is 0 Å². The third-order valence-corrected chi connectivity index (χ3v) is 3.01. The van der Waals surface area contributed by atoms with E-state index in [1.165, 1.54) is 31.4 Å². The molecule has 80 valence electrons. The molecule has 0 amide bonds. The van der Waals surface area contributed by atoms with Crippen LogP contribution in [0.25, 0.3) is 0 Å². The minimum absolute atomic E-state index is 0.183. The summed E-state index contributed by atoms with van der Waals surface area (Å²) in [5.41, 5.74) is 2.48. The molecule has 2 rings (SSSR count). The number of rotatable bonds is 3. The molecule has 1 aromatic rings. The minimum Gasteiger partial charge on any atom is -0.294 e. The summed E-state index contributed by atoms with van der Waals surface area (Å²) in [5, 5.41) is 0. The van der Waals surface area contributed by atoms with E-state index in [-0.39, 0.29) is 17.2 Å². The van der Waals surface area contributed by atoms with Gasteiger partial charge in [0.15, 0.2) is 5.78 Å². The number of ketones is 1. The van der Waals surface area contributed by atoms with Crippen LogP contribution in [0.5, 0.6) is 0 Å². The second-order valence-corrected chi connectivity index (χ2v) is 4.21. The molecule has 1 fully saturated rings. The number of hydrogen-bond acceptors (Lipinski definition) is 1. The van der Waals surface area contributed by atoms with Crippen LogP contribution >= 0.6 is 0 Å². The van der Waals surface area contributed by atoms with Crippen molar-refractivity contribution in [1.29, 1.82) is 0 Å². The Kier molecular flexibility index (Phi) is 2.59. The lowest BCUT2D eigenvalue weighted by Crippen LogP contribution is -2.02. The Bertz CT molecular complexity index is 405. The largest absolute Gasteiger partial charge is 0.294 e. The van der Waals surface area contributed by atoms with Gasteiger partial charge in [0.2, 0.25) is 0 Å². The Labute approximate surface area is 89.3 Å². The predicted octanol–water partition coefficient (Wildman–Crippen LogP) is 3.47. The number of benzene rings is 1. The zero-order chi connectivity index (χ0) is 11.0. The lowest BCUT2D eigenvalue weighted by molar-refractivity contribution is 0.101. The van der Waals surface area contributed by atoms with Gasteiger partial charge in [0.25, 0.3) is 0 Å². The molecule has 0 unspecified atom stereocenters. The molecule has 0 aliphatic heterocycles. The number of Topliss-reactive ketones (excluding diaryl/α,β-unsaturated/α-hetero) is 1. The van der Waals surface area contributed by atoms with Crippen molar-refractivity contribution in [3.63, 3.8) is 0 Å². The lowest BCUT2D eigenvalue weighted by Gasteiger charge is -2.09. The topological polar surface area (TPSA) is 17.1 Å². The Hall–Kier alpha value is -1.18. The average Bonchev–Trinajstić information content (AvgIpc) is 3.00. The molecular formula is C13H15FO. The van der Waals surface area contributed by atoms with Gasteiger partial charge in [-0.15, -0.1) is 0 Å². The van der Waals surface area contributed by atoms with Gasteiger partial charge >= 0.3 is 0 Å². The SMILES string of the molecule is CCc1cc(F)c(C(C)=O)cc1C1CC1. The molecule has 1 aliphatic carbocycles. The van der Waals surface area contributed by atoms with Gasteiger partial charge in [-0.05, 0) is 55.4 Å². The average molecular weight is 206 g/mol. The van der Waals surface area contributed by atoms with Gasteiger partial charge in [-0.1, -0.05) is 6.92 Å². The molecule has 15 heavy (non-hydrogen) atoms. The first-order valence-electron chi connectivity index (χ1n) is 5.46. The predicted molar refractivity (Wildman–Crippen MR) is 57.8 cm³/mol. The molecule has 0 N–H and O–H groups in total. The summed E-state index contributed by atoms with van der Waals surface area (Å²) in [7, 11) is 0. The van der Waals surface area contributed by atoms with Crippen molar-refractivity contribution >= 4 is 5.78 Å². The monoisotopic (exact) mass is 206 g/mol. The Morgan fingerprint density at radius 1 is 1.47 bits per heavy atom. The zero-order valence-electron chi connectivity index (χ0n) is 9.14. The van der Waals surface area contributed by atoms with Crippen LogP contribution < -0.4 is 0 Å². The van der Waals surface area contributed by atoms with E-state index < -0.39 is 0 Å². The summed E-state index contributed by atoms with van der Waals surface area (Å²) in [4.78, 5) is 11.2. The van der Waals surface area contributed by atoms with Crippen LogP contribution in [0.2, 0.25) is 0 Å². The number of aryl methyl sites for hydroxylation is 1. The fourth-order valence-corrected chi connectivity index (χ4v) is 1.98. The molecule has 0 bridgehead atoms. The molecule has 1 aromatic carbocycles. The third kappa shape index (κ3) is 1.94. The van der Waals surface area contributed by atoms with Crippen molar-refractivity contribution in [3.8, 4) is 0 Å². The molecule has 1 aliphatic rings. The van der Waals surface area contributed by atoms with E-state index in [0.29, 0.717) is 5.92 Å². The molecule has 1 saturated carbocycles. The molecule has 0 heterocycles. The van der Waals surface area contributed by atoms with Crippen molar-refractivity contribution < 1.29 is 9.18 Å². The number of carbonyl (C=O) groups excluding carboxylic acids is 1. The first-order chi connectivity index (χ1) is 7.13. The van der Waals surface area contributed by atoms with Gasteiger partial charge < -0.3 is 0 Å². The maximum atomic E-state index is 13.5. The highest BCUT2D eigenvalue weighted by atomic mass is 19.1. The number of carbonyl (C=O) groups is 1. The number of halogens is 1. The molecule has 0 saturated heterocycles. The van der Waals surface area contributed by atoms with Gasteiger partial charge in [0.05, 0.1) is 5.56 Å². The Balaban J connectivity index is 2.51. The van der Waals surface area contributed by atoms with Gasteiger partial charge in [-0.25, -0.2) is 4.39 Å². The standard InChI is InChI=1S/C13H15FO/c1-3-9-6-13(14)11(8(2)15)7-12(9)10-4-5-10/h6-7,10H,3-5H2,1-2H3. The Morgan fingerprint density at radius 2 is 2.13 bits per heavy atom. The summed E-state index contributed by atoms with van der Waals surface area (Å²) in [5.74, 6) is 0.0134. The summed E-state index contributed by atoms with van der Waals surface area (Å²) in [6, 6.07) is 3.29. The second-order valence-electron chi connectivity index (χ2n) is 4.21. The fourth-order valence-electron chi connectivity index (χ4n) is 1.98. The maximum Gasteiger partial charge on any atom is 0.162 e. The zero-order valence-corrected chi connectivity index (χ0v) is 9.14. The summed E-state index contributed by atoms with van der Waals surface area (Å²) >= 11 is 0. The van der Waals surface area contributed by atoms with E-state index in [2.05, 4.69) is 0 Å². The smallest absolute Gasteiger partial charge is 0.162 e. The number of hydrogen-bond donors (Lipinski definition) is 0. The Morgan fingerprint density at radius 3 is 2.60 bits per heavy atom. The van der Waals surface area contributed by atoms with E-state index in [1.807, 2.05) is 6.92 Å². The van der Waals surface area contributed by atoms with Crippen molar-refractivity contribution in [3.05, 3.63) is 34.6 Å². The maximum absolute atomic E-state index is 13.5. The molecule has 0 atom stereocenters. The summed E-state index contributed by atoms with van der Waals surface area (Å²) < 4.78 is 13.5. The van der Waals surface area contributed by atoms with E-state index in [1.54, 1.807) is 6.07 Å². The van der Waals surface area contributed by atoms with Gasteiger partial charge in [-0.2, -0.15) is 0 Å². The lowest BCUT2D eigenvalue weighted by atomic mass is 9.96. The van der Waals surface area contributed by atoms with Crippen LogP contribution in [-0.4, -0.2) is 5.78 Å². The van der Waals surface area contributed by atoms with E-state index in [4.69, 9.17) is 0 Å². The second kappa shape index (κ2) is 3.76. The van der Waals surface area contributed by atoms with Gasteiger partial charge in [0.1, 0.15) is 5.82 Å². The molecule has 0 aromatic heterocycles. The van der Waals surface area contributed by atoms with E-state index in [9.17, 15) is 9.18 Å². The van der Waals surface area contributed by atoms with Gasteiger partial charge in [0, 0.05) is 0 Å². The molecule has 0 radical (unpaired) electrons. The third-order valence-electron chi connectivity index (χ3n) is 3.01. The van der Waals surface area contributed by atoms with E-state index in [0.717, 1.165) is 12.0 Å². The highest BCUT2D eigenvalue weighted by Gasteiger charge is 2.27. The van der Waals surface area contributed by atoms with Crippen LogP contribution in [0, 0.1) is 5.82 Å². The molecule has 1 nitrogen and oxygen atoms in total. The molecule has 2 heteroatoms. The quantitative estimate of drug-likeness (QED) is 0.692. The minimum atomic E-state index is -0.372. The normalized spacial score (nSPS) is 15.4. The van der Waals surface area contributed by atoms with Crippen LogP contribution in [0.3, 0.4) is 0 Å². The fraction of sp³-hybridized carbons (Fsp3) is 0.462. The van der Waals surface area contributed by atoms with Crippen LogP contribution in [0.1, 0.15) is 54.1 Å². The highest BCUT2D eigenvalue weighted by Crippen LogP contribution is 2.42. The first-order valence-corrected chi connectivity index (χ1v) is 5.46. The first kappa shape index (κ1) is 10.3. The van der Waals surface area contributed by atoms with Gasteiger partial charge in [-0.3, -0.25) is 4.79 Å². The van der Waals surface area contributed by atoms with Crippen molar-refractivity contribution in [2.75, 3.05) is 0 Å². The molecular weight excluding hydrogens is 191 g/mol. The molecule has 0 spiro atoms. The van der Waals surface area contributed by atoms with Crippen LogP contribution in [-0.2, 0) is 6.42 Å². The van der Waals surface area contributed by atoms with Crippen molar-refractivity contribution in [2.24, 2.45) is 0 Å². The summed E-state index contributed by atoms with van der Waals surface area (Å²) in [6.07, 6.45) is 3.19. The van der Waals surface area contributed by atoms with Crippen molar-refractivity contribution in [2.45, 2.75) is 39.0 Å². The van der Waals surface area contributed by atoms with Crippen LogP contribution in [0.4, 0.5) is 4.39 Å². The summed E-state index contributed by atoms with van der Waals surface area (Å²) in [6.45, 7) is 3.44. The van der Waals surface area contributed by atoms with E-state index >= 15 is 0 Å². The highest BCUT2D eigenvalue weighted by molar-refractivity contribution is 5.94.